The fraction of sp³-hybridized carbons (Fsp3) is 0.417. The lowest BCUT2D eigenvalue weighted by molar-refractivity contribution is -0.384. The Morgan fingerprint density at radius 1 is 1.47 bits per heavy atom. The highest BCUT2D eigenvalue weighted by Gasteiger charge is 2.22. The zero-order chi connectivity index (χ0) is 14.4. The number of rotatable bonds is 6. The molecule has 0 saturated heterocycles. The maximum absolute atomic E-state index is 11.0. The summed E-state index contributed by atoms with van der Waals surface area (Å²) in [6, 6.07) is 4.90. The Balaban J connectivity index is 2.85. The van der Waals surface area contributed by atoms with Crippen molar-refractivity contribution < 1.29 is 19.6 Å². The third kappa shape index (κ3) is 4.31. The maximum atomic E-state index is 11.0. The van der Waals surface area contributed by atoms with Crippen molar-refractivity contribution in [2.24, 2.45) is 0 Å². The second kappa shape index (κ2) is 6.81. The first-order valence-corrected chi connectivity index (χ1v) is 5.64. The molecule has 0 aromatic heterocycles. The molecule has 0 aliphatic carbocycles. The number of non-ortho nitro benzene ring substituents is 1. The van der Waals surface area contributed by atoms with Gasteiger partial charge in [0.2, 0.25) is 5.91 Å². The van der Waals surface area contributed by atoms with Gasteiger partial charge in [-0.25, -0.2) is 0 Å². The zero-order valence-corrected chi connectivity index (χ0v) is 10.7. The molecule has 104 valence electrons. The number of nitrogens with one attached hydrogen (secondary N) is 1. The molecular formula is C12H16N2O5. The minimum atomic E-state index is -0.996. The van der Waals surface area contributed by atoms with Crippen LogP contribution in [0.2, 0.25) is 0 Å². The van der Waals surface area contributed by atoms with E-state index in [9.17, 15) is 20.0 Å². The van der Waals surface area contributed by atoms with Crippen LogP contribution in [0.4, 0.5) is 5.69 Å². The van der Waals surface area contributed by atoms with E-state index in [1.807, 2.05) is 0 Å². The van der Waals surface area contributed by atoms with Gasteiger partial charge in [0.1, 0.15) is 6.10 Å². The predicted octanol–water partition coefficient (Wildman–Crippen LogP) is 0.779. The van der Waals surface area contributed by atoms with Gasteiger partial charge >= 0.3 is 0 Å². The van der Waals surface area contributed by atoms with E-state index in [0.29, 0.717) is 5.56 Å². The summed E-state index contributed by atoms with van der Waals surface area (Å²) in [5, 5.41) is 23.2. The lowest BCUT2D eigenvalue weighted by Gasteiger charge is -2.23. The molecule has 0 aliphatic rings. The number of hydrogen-bond donors (Lipinski definition) is 2. The molecule has 0 heterocycles. The Bertz CT molecular complexity index is 446. The van der Waals surface area contributed by atoms with Crippen LogP contribution in [0.5, 0.6) is 0 Å². The van der Waals surface area contributed by atoms with Gasteiger partial charge in [0.05, 0.1) is 17.6 Å². The number of hydrogen-bond acceptors (Lipinski definition) is 5. The van der Waals surface area contributed by atoms with Crippen LogP contribution in [0.15, 0.2) is 24.3 Å². The predicted molar refractivity (Wildman–Crippen MR) is 67.5 cm³/mol. The topological polar surface area (TPSA) is 102 Å². The number of nitro groups is 1. The maximum Gasteiger partial charge on any atom is 0.269 e. The van der Waals surface area contributed by atoms with Gasteiger partial charge in [-0.15, -0.1) is 0 Å². The smallest absolute Gasteiger partial charge is 0.269 e. The average molecular weight is 268 g/mol. The summed E-state index contributed by atoms with van der Waals surface area (Å²) < 4.78 is 4.93. The molecule has 0 bridgehead atoms. The van der Waals surface area contributed by atoms with Gasteiger partial charge in [0, 0.05) is 26.2 Å². The van der Waals surface area contributed by atoms with Crippen LogP contribution >= 0.6 is 0 Å². The van der Waals surface area contributed by atoms with Crippen LogP contribution in [0.1, 0.15) is 18.6 Å². The van der Waals surface area contributed by atoms with E-state index in [4.69, 9.17) is 4.74 Å². The SMILES string of the molecule is COCC(NC(C)=O)C(O)c1ccc([N+](=O)[O-])cc1. The molecular weight excluding hydrogens is 252 g/mol. The summed E-state index contributed by atoms with van der Waals surface area (Å²) in [5.74, 6) is -0.289. The summed E-state index contributed by atoms with van der Waals surface area (Å²) in [6.45, 7) is 1.48. The Labute approximate surface area is 110 Å². The van der Waals surface area contributed by atoms with E-state index in [0.717, 1.165) is 0 Å². The number of aliphatic hydroxyl groups is 1. The van der Waals surface area contributed by atoms with Crippen LogP contribution in [0.3, 0.4) is 0 Å². The number of nitrogens with zero attached hydrogens (tertiary/aromatic N) is 1. The van der Waals surface area contributed by atoms with Gasteiger partial charge in [-0.05, 0) is 17.7 Å². The molecule has 1 aromatic carbocycles. The highest BCUT2D eigenvalue weighted by Crippen LogP contribution is 2.20. The molecule has 1 aromatic rings. The third-order valence-electron chi connectivity index (χ3n) is 2.56. The average Bonchev–Trinajstić information content (AvgIpc) is 2.37. The molecule has 1 rings (SSSR count). The lowest BCUT2D eigenvalue weighted by atomic mass is 10.0. The molecule has 0 fully saturated rings. The van der Waals surface area contributed by atoms with Crippen molar-refractivity contribution in [3.63, 3.8) is 0 Å². The van der Waals surface area contributed by atoms with E-state index in [1.54, 1.807) is 0 Å². The molecule has 2 N–H and O–H groups in total. The molecule has 7 heteroatoms. The number of carbonyl (C=O) groups excluding carboxylic acids is 1. The first-order valence-electron chi connectivity index (χ1n) is 5.64. The van der Waals surface area contributed by atoms with Crippen molar-refractivity contribution in [3.05, 3.63) is 39.9 Å². The van der Waals surface area contributed by atoms with Crippen molar-refractivity contribution in [1.82, 2.24) is 5.32 Å². The summed E-state index contributed by atoms with van der Waals surface area (Å²) in [4.78, 5) is 21.1. The van der Waals surface area contributed by atoms with Crippen LogP contribution < -0.4 is 5.32 Å². The number of nitro benzene ring substituents is 1. The highest BCUT2D eigenvalue weighted by molar-refractivity contribution is 5.73. The number of carbonyl (C=O) groups is 1. The molecule has 0 spiro atoms. The van der Waals surface area contributed by atoms with Crippen LogP contribution in [-0.2, 0) is 9.53 Å². The number of methoxy groups -OCH3 is 1. The molecule has 2 atom stereocenters. The second-order valence-corrected chi connectivity index (χ2v) is 4.06. The minimum absolute atomic E-state index is 0.0567. The van der Waals surface area contributed by atoms with E-state index in [-0.39, 0.29) is 18.2 Å². The standard InChI is InChI=1S/C12H16N2O5/c1-8(15)13-11(7-19-2)12(16)9-3-5-10(6-4-9)14(17)18/h3-6,11-12,16H,7H2,1-2H3,(H,13,15). The second-order valence-electron chi connectivity index (χ2n) is 4.06. The first-order chi connectivity index (χ1) is 8.95. The van der Waals surface area contributed by atoms with Gasteiger partial charge in [-0.2, -0.15) is 0 Å². The quantitative estimate of drug-likeness (QED) is 0.586. The van der Waals surface area contributed by atoms with Crippen molar-refractivity contribution in [2.75, 3.05) is 13.7 Å². The number of ether oxygens (including phenoxy) is 1. The monoisotopic (exact) mass is 268 g/mol. The van der Waals surface area contributed by atoms with Gasteiger partial charge in [-0.3, -0.25) is 14.9 Å². The normalized spacial score (nSPS) is 13.6. The Hall–Kier alpha value is -1.99. The molecule has 0 saturated carbocycles. The van der Waals surface area contributed by atoms with Gasteiger partial charge in [-0.1, -0.05) is 0 Å². The summed E-state index contributed by atoms with van der Waals surface area (Å²) in [7, 11) is 1.46. The van der Waals surface area contributed by atoms with Gasteiger partial charge in [0.15, 0.2) is 0 Å². The van der Waals surface area contributed by atoms with Crippen molar-refractivity contribution in [1.29, 1.82) is 0 Å². The fourth-order valence-corrected chi connectivity index (χ4v) is 1.68. The van der Waals surface area contributed by atoms with E-state index >= 15 is 0 Å². The largest absolute Gasteiger partial charge is 0.386 e. The van der Waals surface area contributed by atoms with Crippen LogP contribution in [0, 0.1) is 10.1 Å². The summed E-state index contributed by atoms with van der Waals surface area (Å²) in [5.41, 5.74) is 0.417. The Morgan fingerprint density at radius 2 is 2.05 bits per heavy atom. The number of benzene rings is 1. The lowest BCUT2D eigenvalue weighted by Crippen LogP contribution is -2.41. The molecule has 2 unspecified atom stereocenters. The van der Waals surface area contributed by atoms with Gasteiger partial charge in [0.25, 0.3) is 5.69 Å². The summed E-state index contributed by atoms with van der Waals surface area (Å²) in [6.07, 6.45) is -0.996. The molecule has 0 radical (unpaired) electrons. The number of aliphatic hydroxyl groups excluding tert-OH is 1. The molecule has 1 amide bonds. The van der Waals surface area contributed by atoms with E-state index in [2.05, 4.69) is 5.32 Å². The van der Waals surface area contributed by atoms with E-state index in [1.165, 1.54) is 38.3 Å². The van der Waals surface area contributed by atoms with Crippen LogP contribution in [0.25, 0.3) is 0 Å². The Morgan fingerprint density at radius 3 is 2.47 bits per heavy atom. The van der Waals surface area contributed by atoms with Gasteiger partial charge < -0.3 is 15.2 Å². The van der Waals surface area contributed by atoms with Crippen molar-refractivity contribution >= 4 is 11.6 Å². The number of amides is 1. The van der Waals surface area contributed by atoms with Crippen molar-refractivity contribution in [3.8, 4) is 0 Å². The molecule has 19 heavy (non-hydrogen) atoms. The summed E-state index contributed by atoms with van der Waals surface area (Å²) >= 11 is 0. The third-order valence-corrected chi connectivity index (χ3v) is 2.56. The molecule has 0 aliphatic heterocycles. The molecule has 7 nitrogen and oxygen atoms in total. The zero-order valence-electron chi connectivity index (χ0n) is 10.7. The van der Waals surface area contributed by atoms with E-state index < -0.39 is 17.1 Å². The minimum Gasteiger partial charge on any atom is -0.386 e. The fourth-order valence-electron chi connectivity index (χ4n) is 1.68. The van der Waals surface area contributed by atoms with Crippen LogP contribution in [-0.4, -0.2) is 35.7 Å². The highest BCUT2D eigenvalue weighted by atomic mass is 16.6. The Kier molecular flexibility index (Phi) is 5.40. The first kappa shape index (κ1) is 15.1. The van der Waals surface area contributed by atoms with Crippen molar-refractivity contribution in [2.45, 2.75) is 19.1 Å².